The first-order valence-corrected chi connectivity index (χ1v) is 7.61. The predicted octanol–water partition coefficient (Wildman–Crippen LogP) is 1.33. The zero-order valence-corrected chi connectivity index (χ0v) is 12.4. The first-order valence-electron chi connectivity index (χ1n) is 7.23. The highest BCUT2D eigenvalue weighted by Crippen LogP contribution is 2.26. The van der Waals surface area contributed by atoms with Crippen molar-refractivity contribution in [3.8, 4) is 0 Å². The van der Waals surface area contributed by atoms with Crippen LogP contribution in [0.5, 0.6) is 0 Å². The summed E-state index contributed by atoms with van der Waals surface area (Å²) in [7, 11) is 0. The molecule has 0 aliphatic carbocycles. The minimum Gasteiger partial charge on any atom is -0.393 e. The molecule has 2 unspecified atom stereocenters. The number of hydrogen-bond donors (Lipinski definition) is 1. The minimum absolute atomic E-state index is 0.248. The summed E-state index contributed by atoms with van der Waals surface area (Å²) >= 11 is 6.04. The lowest BCUT2D eigenvalue weighted by atomic mass is 10.0. The Bertz CT molecular complexity index is 478. The van der Waals surface area contributed by atoms with Crippen molar-refractivity contribution in [1.82, 2.24) is 15.0 Å². The number of nitrogens with zero attached hydrogens (tertiary/aromatic N) is 5. The van der Waals surface area contributed by atoms with Gasteiger partial charge in [-0.25, -0.2) is 0 Å². The van der Waals surface area contributed by atoms with Crippen molar-refractivity contribution >= 4 is 23.5 Å². The van der Waals surface area contributed by atoms with Crippen molar-refractivity contribution in [1.29, 1.82) is 0 Å². The molecule has 0 bridgehead atoms. The number of aromatic nitrogens is 3. The Morgan fingerprint density at radius 2 is 1.75 bits per heavy atom. The molecule has 6 nitrogen and oxygen atoms in total. The predicted molar refractivity (Wildman–Crippen MR) is 78.3 cm³/mol. The Kier molecular flexibility index (Phi) is 3.94. The number of aliphatic hydroxyl groups excluding tert-OH is 1. The van der Waals surface area contributed by atoms with E-state index in [1.807, 2.05) is 6.92 Å². The lowest BCUT2D eigenvalue weighted by Crippen LogP contribution is -2.27. The van der Waals surface area contributed by atoms with E-state index in [1.54, 1.807) is 0 Å². The molecule has 1 aromatic heterocycles. The topological polar surface area (TPSA) is 65.4 Å². The average molecular weight is 298 g/mol. The Morgan fingerprint density at radius 1 is 1.10 bits per heavy atom. The van der Waals surface area contributed by atoms with Gasteiger partial charge in [0, 0.05) is 32.1 Å². The molecular weight excluding hydrogens is 278 g/mol. The number of halogens is 1. The zero-order valence-electron chi connectivity index (χ0n) is 11.7. The van der Waals surface area contributed by atoms with Gasteiger partial charge in [-0.05, 0) is 37.8 Å². The maximum absolute atomic E-state index is 9.68. The lowest BCUT2D eigenvalue weighted by molar-refractivity contribution is 0.136. The molecule has 2 fully saturated rings. The summed E-state index contributed by atoms with van der Waals surface area (Å²) in [5.41, 5.74) is 0. The fourth-order valence-electron chi connectivity index (χ4n) is 2.89. The first-order chi connectivity index (χ1) is 9.63. The van der Waals surface area contributed by atoms with Gasteiger partial charge in [0.25, 0.3) is 0 Å². The van der Waals surface area contributed by atoms with Crippen LogP contribution in [0.3, 0.4) is 0 Å². The van der Waals surface area contributed by atoms with Crippen LogP contribution in [0.4, 0.5) is 11.9 Å². The lowest BCUT2D eigenvalue weighted by Gasteiger charge is -2.20. The maximum Gasteiger partial charge on any atom is 0.231 e. The second kappa shape index (κ2) is 5.69. The first kappa shape index (κ1) is 13.8. The van der Waals surface area contributed by atoms with Gasteiger partial charge in [-0.1, -0.05) is 0 Å². The van der Waals surface area contributed by atoms with E-state index in [0.717, 1.165) is 32.6 Å². The number of aliphatic hydroxyl groups is 1. The van der Waals surface area contributed by atoms with Crippen molar-refractivity contribution < 1.29 is 5.11 Å². The average Bonchev–Trinajstić information content (AvgIpc) is 3.10. The molecule has 0 radical (unpaired) electrons. The van der Waals surface area contributed by atoms with Gasteiger partial charge in [-0.2, -0.15) is 15.0 Å². The molecule has 2 aliphatic heterocycles. The molecular formula is C13H20ClN5O. The monoisotopic (exact) mass is 297 g/mol. The SMILES string of the molecule is CC(O)C1CCN(c2nc(Cl)nc(N3CCCC3)n2)C1. The smallest absolute Gasteiger partial charge is 0.231 e. The van der Waals surface area contributed by atoms with E-state index in [4.69, 9.17) is 11.6 Å². The molecule has 2 atom stereocenters. The van der Waals surface area contributed by atoms with Crippen molar-refractivity contribution in [2.24, 2.45) is 5.92 Å². The van der Waals surface area contributed by atoms with E-state index in [2.05, 4.69) is 24.8 Å². The Balaban J connectivity index is 1.79. The van der Waals surface area contributed by atoms with Gasteiger partial charge in [0.1, 0.15) is 0 Å². The highest BCUT2D eigenvalue weighted by molar-refractivity contribution is 6.28. The normalized spacial score (nSPS) is 24.4. The zero-order chi connectivity index (χ0) is 14.1. The summed E-state index contributed by atoms with van der Waals surface area (Å²) in [6, 6.07) is 0. The van der Waals surface area contributed by atoms with Crippen LogP contribution < -0.4 is 9.80 Å². The van der Waals surface area contributed by atoms with Gasteiger partial charge in [-0.15, -0.1) is 0 Å². The minimum atomic E-state index is -0.296. The molecule has 0 aromatic carbocycles. The van der Waals surface area contributed by atoms with Crippen LogP contribution in [-0.4, -0.2) is 52.3 Å². The van der Waals surface area contributed by atoms with Gasteiger partial charge in [0.15, 0.2) is 0 Å². The van der Waals surface area contributed by atoms with Crippen LogP contribution in [0.1, 0.15) is 26.2 Å². The molecule has 3 heterocycles. The quantitative estimate of drug-likeness (QED) is 0.908. The van der Waals surface area contributed by atoms with E-state index < -0.39 is 0 Å². The van der Waals surface area contributed by atoms with Crippen LogP contribution in [0.15, 0.2) is 0 Å². The maximum atomic E-state index is 9.68. The molecule has 2 aliphatic rings. The van der Waals surface area contributed by atoms with E-state index in [1.165, 1.54) is 12.8 Å². The van der Waals surface area contributed by atoms with Crippen LogP contribution in [0, 0.1) is 5.92 Å². The molecule has 0 saturated carbocycles. The van der Waals surface area contributed by atoms with Crippen LogP contribution >= 0.6 is 11.6 Å². The van der Waals surface area contributed by atoms with Gasteiger partial charge in [0.05, 0.1) is 6.10 Å². The summed E-state index contributed by atoms with van der Waals surface area (Å²) in [6.07, 6.45) is 3.01. The van der Waals surface area contributed by atoms with Crippen molar-refractivity contribution in [2.75, 3.05) is 36.0 Å². The van der Waals surface area contributed by atoms with Crippen LogP contribution in [0.2, 0.25) is 5.28 Å². The van der Waals surface area contributed by atoms with Crippen molar-refractivity contribution in [3.05, 3.63) is 5.28 Å². The van der Waals surface area contributed by atoms with E-state index in [9.17, 15) is 5.11 Å². The molecule has 20 heavy (non-hydrogen) atoms. The van der Waals surface area contributed by atoms with Gasteiger partial charge in [0.2, 0.25) is 17.2 Å². The third-order valence-electron chi connectivity index (χ3n) is 4.16. The number of hydrogen-bond acceptors (Lipinski definition) is 6. The molecule has 0 spiro atoms. The number of anilines is 2. The Morgan fingerprint density at radius 3 is 2.35 bits per heavy atom. The van der Waals surface area contributed by atoms with Crippen molar-refractivity contribution in [2.45, 2.75) is 32.3 Å². The van der Waals surface area contributed by atoms with Gasteiger partial charge in [-0.3, -0.25) is 0 Å². The third kappa shape index (κ3) is 2.81. The van der Waals surface area contributed by atoms with E-state index in [0.29, 0.717) is 11.9 Å². The van der Waals surface area contributed by atoms with Crippen LogP contribution in [-0.2, 0) is 0 Å². The fraction of sp³-hybridized carbons (Fsp3) is 0.769. The Labute approximate surface area is 123 Å². The summed E-state index contributed by atoms with van der Waals surface area (Å²) in [6.45, 7) is 5.43. The standard InChI is InChI=1S/C13H20ClN5O/c1-9(20)10-4-7-19(8-10)13-16-11(14)15-12(17-13)18-5-2-3-6-18/h9-10,20H,2-8H2,1H3. The molecule has 0 amide bonds. The number of rotatable bonds is 3. The Hall–Kier alpha value is -1.14. The second-order valence-corrected chi connectivity index (χ2v) is 5.97. The molecule has 1 aromatic rings. The molecule has 1 N–H and O–H groups in total. The van der Waals surface area contributed by atoms with Gasteiger partial charge >= 0.3 is 0 Å². The molecule has 110 valence electrons. The summed E-state index contributed by atoms with van der Waals surface area (Å²) in [4.78, 5) is 17.3. The highest BCUT2D eigenvalue weighted by Gasteiger charge is 2.28. The van der Waals surface area contributed by atoms with Crippen LogP contribution in [0.25, 0.3) is 0 Å². The van der Waals surface area contributed by atoms with Crippen molar-refractivity contribution in [3.63, 3.8) is 0 Å². The summed E-state index contributed by atoms with van der Waals surface area (Å²) in [5.74, 6) is 1.59. The van der Waals surface area contributed by atoms with Gasteiger partial charge < -0.3 is 14.9 Å². The molecule has 2 saturated heterocycles. The summed E-state index contributed by atoms with van der Waals surface area (Å²) in [5, 5.41) is 9.93. The summed E-state index contributed by atoms with van der Waals surface area (Å²) < 4.78 is 0. The molecule has 3 rings (SSSR count). The fourth-order valence-corrected chi connectivity index (χ4v) is 3.04. The highest BCUT2D eigenvalue weighted by atomic mass is 35.5. The molecule has 7 heteroatoms. The van der Waals surface area contributed by atoms with E-state index in [-0.39, 0.29) is 17.3 Å². The van der Waals surface area contributed by atoms with E-state index >= 15 is 0 Å². The second-order valence-electron chi connectivity index (χ2n) is 5.63. The largest absolute Gasteiger partial charge is 0.393 e. The third-order valence-corrected chi connectivity index (χ3v) is 4.33.